The molecule has 2 aromatic rings. The number of likely N-dealkylation sites (N-methyl/N-ethyl adjacent to an activating group) is 1. The Kier molecular flexibility index (Phi) is 3.39. The maximum absolute atomic E-state index is 12.3. The Bertz CT molecular complexity index is 709. The van der Waals surface area contributed by atoms with Gasteiger partial charge in [0.05, 0.1) is 16.1 Å². The molecule has 0 radical (unpaired) electrons. The van der Waals surface area contributed by atoms with Gasteiger partial charge in [0.2, 0.25) is 0 Å². The Hall–Kier alpha value is -2.34. The lowest BCUT2D eigenvalue weighted by Crippen LogP contribution is -2.34. The zero-order chi connectivity index (χ0) is 15.0. The van der Waals surface area contributed by atoms with E-state index in [-0.39, 0.29) is 11.5 Å². The monoisotopic (exact) mass is 305 g/mol. The molecule has 6 nitrogen and oxygen atoms in total. The van der Waals surface area contributed by atoms with Crippen molar-refractivity contribution in [2.45, 2.75) is 6.42 Å². The molecule has 0 saturated carbocycles. The highest BCUT2D eigenvalue weighted by molar-refractivity contribution is 6.30. The van der Waals surface area contributed by atoms with Crippen LogP contribution in [0.5, 0.6) is 0 Å². The highest BCUT2D eigenvalue weighted by Gasteiger charge is 2.30. The number of amides is 2. The first-order valence-corrected chi connectivity index (χ1v) is 6.73. The zero-order valence-electron chi connectivity index (χ0n) is 11.2. The van der Waals surface area contributed by atoms with E-state index in [1.54, 1.807) is 24.1 Å². The SMILES string of the molecule is CN1CCc2occ(C(=O)Nc3ccc(Cl)cn3)c2C1=O. The summed E-state index contributed by atoms with van der Waals surface area (Å²) in [5.74, 6) is 0.265. The summed E-state index contributed by atoms with van der Waals surface area (Å²) in [5, 5.41) is 3.09. The smallest absolute Gasteiger partial charge is 0.260 e. The van der Waals surface area contributed by atoms with Gasteiger partial charge in [-0.25, -0.2) is 4.98 Å². The predicted molar refractivity (Wildman–Crippen MR) is 76.6 cm³/mol. The van der Waals surface area contributed by atoms with Crippen molar-refractivity contribution in [1.29, 1.82) is 0 Å². The normalized spacial score (nSPS) is 14.0. The number of hydrogen-bond donors (Lipinski definition) is 1. The Balaban J connectivity index is 1.88. The third kappa shape index (κ3) is 2.50. The Morgan fingerprint density at radius 1 is 1.48 bits per heavy atom. The van der Waals surface area contributed by atoms with Gasteiger partial charge in [-0.3, -0.25) is 9.59 Å². The van der Waals surface area contributed by atoms with Crippen LogP contribution in [-0.4, -0.2) is 35.3 Å². The van der Waals surface area contributed by atoms with Gasteiger partial charge in [-0.05, 0) is 12.1 Å². The van der Waals surface area contributed by atoms with E-state index in [2.05, 4.69) is 10.3 Å². The molecule has 0 fully saturated rings. The van der Waals surface area contributed by atoms with Crippen molar-refractivity contribution < 1.29 is 14.0 Å². The van der Waals surface area contributed by atoms with Crippen molar-refractivity contribution in [3.8, 4) is 0 Å². The van der Waals surface area contributed by atoms with Crippen LogP contribution in [0, 0.1) is 0 Å². The maximum Gasteiger partial charge on any atom is 0.260 e. The summed E-state index contributed by atoms with van der Waals surface area (Å²) in [6.07, 6.45) is 3.35. The number of anilines is 1. The van der Waals surface area contributed by atoms with Gasteiger partial charge in [0.15, 0.2) is 0 Å². The average molecular weight is 306 g/mol. The number of aromatic nitrogens is 1. The van der Waals surface area contributed by atoms with E-state index in [0.29, 0.717) is 35.1 Å². The van der Waals surface area contributed by atoms with E-state index in [4.69, 9.17) is 16.0 Å². The lowest BCUT2D eigenvalue weighted by atomic mass is 10.0. The molecule has 108 valence electrons. The van der Waals surface area contributed by atoms with Crippen LogP contribution in [0.25, 0.3) is 0 Å². The van der Waals surface area contributed by atoms with Crippen molar-refractivity contribution in [2.24, 2.45) is 0 Å². The summed E-state index contributed by atoms with van der Waals surface area (Å²) in [5.41, 5.74) is 0.550. The lowest BCUT2D eigenvalue weighted by Gasteiger charge is -2.21. The molecule has 0 bridgehead atoms. The number of fused-ring (bicyclic) bond motifs is 1. The number of carbonyl (C=O) groups excluding carboxylic acids is 2. The van der Waals surface area contributed by atoms with Crippen molar-refractivity contribution in [1.82, 2.24) is 9.88 Å². The number of nitrogens with zero attached hydrogens (tertiary/aromatic N) is 2. The van der Waals surface area contributed by atoms with Crippen LogP contribution >= 0.6 is 11.6 Å². The third-order valence-corrected chi connectivity index (χ3v) is 3.54. The lowest BCUT2D eigenvalue weighted by molar-refractivity contribution is 0.0770. The molecule has 7 heteroatoms. The van der Waals surface area contributed by atoms with Gasteiger partial charge in [-0.15, -0.1) is 0 Å². The Morgan fingerprint density at radius 3 is 3.00 bits per heavy atom. The van der Waals surface area contributed by atoms with Crippen LogP contribution in [-0.2, 0) is 6.42 Å². The van der Waals surface area contributed by atoms with Crippen LogP contribution in [0.3, 0.4) is 0 Å². The average Bonchev–Trinajstić information content (AvgIpc) is 2.90. The van der Waals surface area contributed by atoms with Gasteiger partial charge in [0, 0.05) is 26.2 Å². The van der Waals surface area contributed by atoms with Crippen molar-refractivity contribution in [3.63, 3.8) is 0 Å². The molecule has 3 rings (SSSR count). The summed E-state index contributed by atoms with van der Waals surface area (Å²) < 4.78 is 5.33. The van der Waals surface area contributed by atoms with Crippen LogP contribution < -0.4 is 5.32 Å². The molecule has 2 amide bonds. The van der Waals surface area contributed by atoms with E-state index < -0.39 is 5.91 Å². The quantitative estimate of drug-likeness (QED) is 0.923. The van der Waals surface area contributed by atoms with E-state index in [0.717, 1.165) is 0 Å². The van der Waals surface area contributed by atoms with Crippen LogP contribution in [0.15, 0.2) is 29.0 Å². The minimum absolute atomic E-state index is 0.209. The number of pyridine rings is 1. The van der Waals surface area contributed by atoms with Crippen LogP contribution in [0.2, 0.25) is 5.02 Å². The molecule has 2 aromatic heterocycles. The molecule has 0 aliphatic carbocycles. The van der Waals surface area contributed by atoms with Gasteiger partial charge in [0.25, 0.3) is 11.8 Å². The number of carbonyl (C=O) groups is 2. The van der Waals surface area contributed by atoms with Gasteiger partial charge < -0.3 is 14.6 Å². The molecular weight excluding hydrogens is 294 g/mol. The fraction of sp³-hybridized carbons (Fsp3) is 0.214. The summed E-state index contributed by atoms with van der Waals surface area (Å²) in [4.78, 5) is 30.0. The summed E-state index contributed by atoms with van der Waals surface area (Å²) >= 11 is 5.74. The standard InChI is InChI=1S/C14H12ClN3O3/c1-18-5-4-10-12(14(18)20)9(7-21-10)13(19)17-11-3-2-8(15)6-16-11/h2-3,6-7H,4-5H2,1H3,(H,16,17,19). The van der Waals surface area contributed by atoms with Gasteiger partial charge >= 0.3 is 0 Å². The van der Waals surface area contributed by atoms with E-state index in [9.17, 15) is 9.59 Å². The van der Waals surface area contributed by atoms with Crippen LogP contribution in [0.1, 0.15) is 26.5 Å². The number of rotatable bonds is 2. The topological polar surface area (TPSA) is 75.4 Å². The zero-order valence-corrected chi connectivity index (χ0v) is 12.0. The molecule has 0 unspecified atom stereocenters. The molecule has 0 aromatic carbocycles. The van der Waals surface area contributed by atoms with Crippen molar-refractivity contribution in [2.75, 3.05) is 18.9 Å². The molecular formula is C14H12ClN3O3. The first-order valence-electron chi connectivity index (χ1n) is 6.35. The van der Waals surface area contributed by atoms with Gasteiger partial charge in [-0.2, -0.15) is 0 Å². The van der Waals surface area contributed by atoms with E-state index in [1.807, 2.05) is 0 Å². The molecule has 0 spiro atoms. The number of halogens is 1. The second kappa shape index (κ2) is 5.21. The van der Waals surface area contributed by atoms with Crippen LogP contribution in [0.4, 0.5) is 5.82 Å². The minimum Gasteiger partial charge on any atom is -0.468 e. The molecule has 1 aliphatic heterocycles. The second-order valence-corrected chi connectivity index (χ2v) is 5.18. The summed E-state index contributed by atoms with van der Waals surface area (Å²) in [6.45, 7) is 0.582. The number of furan rings is 1. The predicted octanol–water partition coefficient (Wildman–Crippen LogP) is 2.21. The molecule has 1 N–H and O–H groups in total. The van der Waals surface area contributed by atoms with E-state index >= 15 is 0 Å². The first kappa shape index (κ1) is 13.6. The highest BCUT2D eigenvalue weighted by Crippen LogP contribution is 2.24. The maximum atomic E-state index is 12.3. The summed E-state index contributed by atoms with van der Waals surface area (Å²) in [7, 11) is 1.70. The molecule has 0 atom stereocenters. The highest BCUT2D eigenvalue weighted by atomic mass is 35.5. The molecule has 0 saturated heterocycles. The second-order valence-electron chi connectivity index (χ2n) is 4.74. The fourth-order valence-electron chi connectivity index (χ4n) is 2.18. The number of nitrogens with one attached hydrogen (secondary N) is 1. The third-order valence-electron chi connectivity index (χ3n) is 3.32. The van der Waals surface area contributed by atoms with Crippen molar-refractivity contribution >= 4 is 29.2 Å². The van der Waals surface area contributed by atoms with E-state index in [1.165, 1.54) is 12.5 Å². The minimum atomic E-state index is -0.432. The number of hydrogen-bond acceptors (Lipinski definition) is 4. The Morgan fingerprint density at radius 2 is 2.29 bits per heavy atom. The molecule has 3 heterocycles. The van der Waals surface area contributed by atoms with Gasteiger partial charge in [0.1, 0.15) is 17.8 Å². The first-order chi connectivity index (χ1) is 10.1. The Labute approximate surface area is 125 Å². The fourth-order valence-corrected chi connectivity index (χ4v) is 2.29. The molecule has 21 heavy (non-hydrogen) atoms. The largest absolute Gasteiger partial charge is 0.468 e. The molecule has 1 aliphatic rings. The van der Waals surface area contributed by atoms with Crippen molar-refractivity contribution in [3.05, 3.63) is 46.5 Å². The van der Waals surface area contributed by atoms with Gasteiger partial charge in [-0.1, -0.05) is 11.6 Å². The summed E-state index contributed by atoms with van der Waals surface area (Å²) in [6, 6.07) is 3.20.